The van der Waals surface area contributed by atoms with E-state index in [0.717, 1.165) is 14.7 Å². The third kappa shape index (κ3) is 24.3. The second-order valence-corrected chi connectivity index (χ2v) is 29.2. The van der Waals surface area contributed by atoms with Crippen LogP contribution in [0.25, 0.3) is 0 Å². The Morgan fingerprint density at radius 1 is 0.484 bits per heavy atom. The predicted molar refractivity (Wildman–Crippen MR) is 354 cm³/mol. The number of nitrogens with one attached hydrogen (secondary N) is 4. The predicted octanol–water partition coefficient (Wildman–Crippen LogP) is 2.50. The fourth-order valence-corrected chi connectivity index (χ4v) is 12.0. The van der Waals surface area contributed by atoms with Crippen LogP contribution in [0.4, 0.5) is 0 Å². The number of ether oxygens (including phenoxy) is 2. The fourth-order valence-electron chi connectivity index (χ4n) is 12.0. The summed E-state index contributed by atoms with van der Waals surface area (Å²) in [6.45, 7) is 32.9. The van der Waals surface area contributed by atoms with E-state index >= 15 is 14.4 Å². The number of esters is 1. The van der Waals surface area contributed by atoms with Crippen molar-refractivity contribution in [2.45, 2.75) is 242 Å². The van der Waals surface area contributed by atoms with E-state index in [-0.39, 0.29) is 67.7 Å². The monoisotopic (exact) mass is 1320 g/mol. The molecule has 0 aromatic rings. The van der Waals surface area contributed by atoms with Gasteiger partial charge >= 0.3 is 5.97 Å². The third-order valence-electron chi connectivity index (χ3n) is 17.7. The van der Waals surface area contributed by atoms with Crippen molar-refractivity contribution >= 4 is 65.0 Å². The normalized spacial score (nSPS) is 27.8. The smallest absolute Gasteiger partial charge is 0.329 e. The Balaban J connectivity index is 3.03. The molecule has 2 aliphatic rings. The Bertz CT molecular complexity index is 2510. The lowest BCUT2D eigenvalue weighted by atomic mass is 9.91. The van der Waals surface area contributed by atoms with Crippen molar-refractivity contribution < 1.29 is 72.4 Å². The zero-order valence-corrected chi connectivity index (χ0v) is 60.7. The molecule has 0 spiro atoms. The molecule has 0 aliphatic carbocycles. The van der Waals surface area contributed by atoms with Gasteiger partial charge in [-0.2, -0.15) is 0 Å². The minimum atomic E-state index is -1.76. The van der Waals surface area contributed by atoms with Gasteiger partial charge in [0, 0.05) is 54.9 Å². The summed E-state index contributed by atoms with van der Waals surface area (Å²) in [6, 6.07) is -12.3. The summed E-state index contributed by atoms with van der Waals surface area (Å²) in [5, 5.41) is 34.8. The van der Waals surface area contributed by atoms with E-state index in [9.17, 15) is 48.6 Å². The number of aliphatic hydroxyl groups is 2. The standard InChI is InChI=1S/C67H121N11O15/c1-36(2)29-47-62(86)74(21)50(32-39(7)8)58(82)68-45(17)67(91)93-57(42(13)14)66(90)75(22)51(33-40(9)10)60(84)70-48(30-37(3)4)63(87)76(23)54(41(11)12)65(89)77(24)55(56(81)43(15)25-26-78-27-28-92-35-44(78)16)61(85)71-53(46(18)79)64(88)72(19)34-52(80)73(20)49(31-38(5)6)59(83)69-47/h36-51,53-57,79,81H,25-35H2,1-24H3,(H,68,82)(H,69,83)(H,70,84)(H,71,85)/t43-,44-,45+,46-,47+,48+,49+,50+,51+,53+,54+,55+,56-,57-/m1/s1. The molecule has 26 heteroatoms. The van der Waals surface area contributed by atoms with Gasteiger partial charge in [-0.1, -0.05) is 104 Å². The lowest BCUT2D eigenvalue weighted by Crippen LogP contribution is -2.64. The minimum absolute atomic E-state index is 0.0560. The van der Waals surface area contributed by atoms with Crippen molar-refractivity contribution in [1.82, 2.24) is 55.6 Å². The van der Waals surface area contributed by atoms with Crippen LogP contribution < -0.4 is 21.3 Å². The second-order valence-electron chi connectivity index (χ2n) is 29.2. The van der Waals surface area contributed by atoms with Gasteiger partial charge in [0.25, 0.3) is 5.91 Å². The van der Waals surface area contributed by atoms with Crippen LogP contribution in [-0.2, 0) is 62.2 Å². The molecule has 2 aliphatic heterocycles. The van der Waals surface area contributed by atoms with Crippen LogP contribution in [0.1, 0.15) is 163 Å². The van der Waals surface area contributed by atoms with Crippen molar-refractivity contribution in [1.29, 1.82) is 0 Å². The molecule has 0 unspecified atom stereocenters. The first kappa shape index (κ1) is 83.1. The highest BCUT2D eigenvalue weighted by molar-refractivity contribution is 5.99. The topological polar surface area (TPSA) is 317 Å². The van der Waals surface area contributed by atoms with E-state index in [4.69, 9.17) is 9.47 Å². The SMILES string of the molecule is CC(C)C[C@@H]1NC(=O)[C@H](CC(C)C)N(C)C(=O)[C@@H](C(C)C)OC(=O)[C@H](C)NC(=O)[C@H](CC(C)C)N(C)C(=O)[C@H](CC(C)C)NC(=O)[C@H](CC(C)C)N(C)C(=O)CN(C)C(=O)[C@H]([C@@H](C)O)NC(=O)[C@H]([C@H](O)[C@H](C)CCN2CCOC[C@H]2C)N(C)C(=O)[C@H](C(C)C)N(C)C1=O. The molecule has 2 heterocycles. The number of cyclic esters (lactones) is 1. The van der Waals surface area contributed by atoms with Crippen molar-refractivity contribution in [2.75, 3.05) is 75.1 Å². The molecule has 14 atom stereocenters. The van der Waals surface area contributed by atoms with Gasteiger partial charge in [0.1, 0.15) is 54.4 Å². The highest BCUT2D eigenvalue weighted by Crippen LogP contribution is 2.25. The molecule has 6 N–H and O–H groups in total. The van der Waals surface area contributed by atoms with E-state index in [1.165, 1.54) is 70.8 Å². The second kappa shape index (κ2) is 37.9. The number of carbonyl (C=O) groups excluding carboxylic acids is 11. The van der Waals surface area contributed by atoms with E-state index < -0.39 is 162 Å². The molecule has 2 rings (SSSR count). The molecule has 26 nitrogen and oxygen atoms in total. The van der Waals surface area contributed by atoms with Gasteiger partial charge in [-0.25, -0.2) is 4.79 Å². The number of amides is 10. The molecule has 2 saturated heterocycles. The van der Waals surface area contributed by atoms with Crippen molar-refractivity contribution in [3.63, 3.8) is 0 Å². The van der Waals surface area contributed by atoms with Crippen LogP contribution in [0.15, 0.2) is 0 Å². The summed E-state index contributed by atoms with van der Waals surface area (Å²) in [4.78, 5) is 171. The van der Waals surface area contributed by atoms with Crippen LogP contribution in [0.5, 0.6) is 0 Å². The highest BCUT2D eigenvalue weighted by atomic mass is 16.6. The molecule has 0 bridgehead atoms. The average molecular weight is 1320 g/mol. The van der Waals surface area contributed by atoms with E-state index in [0.29, 0.717) is 32.7 Å². The van der Waals surface area contributed by atoms with E-state index in [1.54, 1.807) is 34.6 Å². The van der Waals surface area contributed by atoms with Crippen LogP contribution >= 0.6 is 0 Å². The molecule has 93 heavy (non-hydrogen) atoms. The fraction of sp³-hybridized carbons (Fsp3) is 0.836. The zero-order valence-electron chi connectivity index (χ0n) is 60.7. The molecule has 10 amide bonds. The molecule has 2 fully saturated rings. The Labute approximate surface area is 555 Å². The first-order valence-corrected chi connectivity index (χ1v) is 33.7. The first-order valence-electron chi connectivity index (χ1n) is 33.7. The number of nitrogens with zero attached hydrogens (tertiary/aromatic N) is 7. The zero-order chi connectivity index (χ0) is 71.5. The average Bonchev–Trinajstić information content (AvgIpc) is 0.820. The van der Waals surface area contributed by atoms with Gasteiger partial charge in [-0.15, -0.1) is 0 Å². The molecule has 0 saturated carbocycles. The maximum atomic E-state index is 15.3. The number of carbonyl (C=O) groups is 11. The maximum absolute atomic E-state index is 15.3. The van der Waals surface area contributed by atoms with Gasteiger partial charge in [-0.05, 0) is 113 Å². The molecule has 534 valence electrons. The molecule has 0 aromatic carbocycles. The number of morpholine rings is 1. The maximum Gasteiger partial charge on any atom is 0.329 e. The Hall–Kier alpha value is -5.99. The van der Waals surface area contributed by atoms with Crippen molar-refractivity contribution in [3.05, 3.63) is 0 Å². The molecule has 0 radical (unpaired) electrons. The van der Waals surface area contributed by atoms with Gasteiger partial charge in [0.2, 0.25) is 53.2 Å². The molecular weight excluding hydrogens is 1200 g/mol. The summed E-state index contributed by atoms with van der Waals surface area (Å²) in [7, 11) is 8.18. The summed E-state index contributed by atoms with van der Waals surface area (Å²) >= 11 is 0. The summed E-state index contributed by atoms with van der Waals surface area (Å²) < 4.78 is 11.5. The Morgan fingerprint density at radius 2 is 0.914 bits per heavy atom. The van der Waals surface area contributed by atoms with Gasteiger partial charge in [-0.3, -0.25) is 52.8 Å². The molecular formula is C67H121N11O15. The first-order chi connectivity index (χ1) is 43.0. The number of aliphatic hydroxyl groups excluding tert-OH is 2. The lowest BCUT2D eigenvalue weighted by molar-refractivity contribution is -0.166. The van der Waals surface area contributed by atoms with Crippen molar-refractivity contribution in [2.24, 2.45) is 47.3 Å². The number of likely N-dealkylation sites (N-methyl/N-ethyl adjacent to an activating group) is 6. The van der Waals surface area contributed by atoms with E-state index in [1.807, 2.05) is 76.2 Å². The highest BCUT2D eigenvalue weighted by Gasteiger charge is 2.46. The van der Waals surface area contributed by atoms with Crippen LogP contribution in [0.3, 0.4) is 0 Å². The lowest BCUT2D eigenvalue weighted by Gasteiger charge is -2.41. The quantitative estimate of drug-likeness (QED) is 0.107. The summed E-state index contributed by atoms with van der Waals surface area (Å²) in [5.41, 5.74) is 0. The van der Waals surface area contributed by atoms with Gasteiger partial charge in [0.15, 0.2) is 6.10 Å². The largest absolute Gasteiger partial charge is 0.450 e. The van der Waals surface area contributed by atoms with Crippen molar-refractivity contribution in [3.8, 4) is 0 Å². The van der Waals surface area contributed by atoms with Gasteiger partial charge in [0.05, 0.1) is 32.0 Å². The number of hydrogen-bond acceptors (Lipinski definition) is 16. The number of rotatable bonds is 18. The number of hydrogen-bond donors (Lipinski definition) is 6. The molecule has 0 aromatic heterocycles. The minimum Gasteiger partial charge on any atom is -0.450 e. The Morgan fingerprint density at radius 3 is 1.34 bits per heavy atom. The van der Waals surface area contributed by atoms with Crippen LogP contribution in [0.2, 0.25) is 0 Å². The third-order valence-corrected chi connectivity index (χ3v) is 17.7. The summed E-state index contributed by atoms with van der Waals surface area (Å²) in [6.07, 6.45) is -3.83. The van der Waals surface area contributed by atoms with E-state index in [2.05, 4.69) is 26.2 Å². The summed E-state index contributed by atoms with van der Waals surface area (Å²) in [5.74, 6) is -11.6. The van der Waals surface area contributed by atoms with Crippen LogP contribution in [0, 0.1) is 47.3 Å². The van der Waals surface area contributed by atoms with Gasteiger partial charge < -0.3 is 70.4 Å². The van der Waals surface area contributed by atoms with Crippen LogP contribution in [-0.4, -0.2) is 263 Å². The Kier molecular flexibility index (Phi) is 33.9.